The number of hydrogen-bond acceptors (Lipinski definition) is 5. The Labute approximate surface area is 183 Å². The number of benzene rings is 2. The van der Waals surface area contributed by atoms with E-state index in [1.54, 1.807) is 12.1 Å². The van der Waals surface area contributed by atoms with Gasteiger partial charge in [-0.2, -0.15) is 0 Å². The lowest BCUT2D eigenvalue weighted by Crippen LogP contribution is -2.46. The molecule has 162 valence electrons. The van der Waals surface area contributed by atoms with Gasteiger partial charge in [0.15, 0.2) is 6.61 Å². The molecule has 0 radical (unpaired) electrons. The second-order valence-corrected chi connectivity index (χ2v) is 7.89. The molecule has 9 heteroatoms. The third-order valence-electron chi connectivity index (χ3n) is 4.65. The Bertz CT molecular complexity index is 1020. The molecule has 1 unspecified atom stereocenters. The van der Waals surface area contributed by atoms with Gasteiger partial charge in [0.05, 0.1) is 16.8 Å². The molecule has 3 rings (SSSR count). The lowest BCUT2D eigenvalue weighted by Gasteiger charge is -2.25. The molecule has 1 aliphatic rings. The highest BCUT2D eigenvalue weighted by molar-refractivity contribution is 6.31. The SMILES string of the molecule is CC(C)CC(C(=O)OCC(=O)Nc1cc(Cl)ccc1F)N1C(=O)c2ccccc2C1=O. The van der Waals surface area contributed by atoms with E-state index in [4.69, 9.17) is 16.3 Å². The molecule has 2 aromatic carbocycles. The smallest absolute Gasteiger partial charge is 0.329 e. The van der Waals surface area contributed by atoms with Crippen molar-refractivity contribution in [1.29, 1.82) is 0 Å². The van der Waals surface area contributed by atoms with Crippen LogP contribution in [-0.4, -0.2) is 41.2 Å². The number of imide groups is 1. The van der Waals surface area contributed by atoms with E-state index in [1.807, 2.05) is 13.8 Å². The second-order valence-electron chi connectivity index (χ2n) is 7.45. The molecule has 7 nitrogen and oxygen atoms in total. The van der Waals surface area contributed by atoms with Crippen molar-refractivity contribution in [2.75, 3.05) is 11.9 Å². The van der Waals surface area contributed by atoms with Crippen molar-refractivity contribution < 1.29 is 28.3 Å². The lowest BCUT2D eigenvalue weighted by atomic mass is 10.0. The number of fused-ring (bicyclic) bond motifs is 1. The highest BCUT2D eigenvalue weighted by Gasteiger charge is 2.43. The highest BCUT2D eigenvalue weighted by Crippen LogP contribution is 2.27. The number of carbonyl (C=O) groups excluding carboxylic acids is 4. The van der Waals surface area contributed by atoms with Gasteiger partial charge >= 0.3 is 5.97 Å². The summed E-state index contributed by atoms with van der Waals surface area (Å²) in [4.78, 5) is 51.2. The minimum absolute atomic E-state index is 0.0451. The molecule has 0 spiro atoms. The van der Waals surface area contributed by atoms with E-state index in [9.17, 15) is 23.6 Å². The van der Waals surface area contributed by atoms with E-state index >= 15 is 0 Å². The van der Waals surface area contributed by atoms with Crippen molar-refractivity contribution in [3.8, 4) is 0 Å². The molecule has 0 aliphatic carbocycles. The predicted octanol–water partition coefficient (Wildman–Crippen LogP) is 3.67. The van der Waals surface area contributed by atoms with Gasteiger partial charge in [0.2, 0.25) is 0 Å². The van der Waals surface area contributed by atoms with Crippen LogP contribution in [0.3, 0.4) is 0 Å². The van der Waals surface area contributed by atoms with Crippen LogP contribution in [0.25, 0.3) is 0 Å². The maximum absolute atomic E-state index is 13.8. The summed E-state index contributed by atoms with van der Waals surface area (Å²) in [6, 6.07) is 8.72. The summed E-state index contributed by atoms with van der Waals surface area (Å²) in [5, 5.41) is 2.48. The molecule has 1 N–H and O–H groups in total. The van der Waals surface area contributed by atoms with Crippen molar-refractivity contribution in [3.05, 3.63) is 64.4 Å². The number of ether oxygens (including phenoxy) is 1. The van der Waals surface area contributed by atoms with Crippen LogP contribution < -0.4 is 5.32 Å². The van der Waals surface area contributed by atoms with Gasteiger partial charge < -0.3 is 10.1 Å². The average Bonchev–Trinajstić information content (AvgIpc) is 2.97. The fraction of sp³-hybridized carbons (Fsp3) is 0.273. The maximum atomic E-state index is 13.8. The first-order chi connectivity index (χ1) is 14.7. The first kappa shape index (κ1) is 22.4. The number of nitrogens with one attached hydrogen (secondary N) is 1. The first-order valence-electron chi connectivity index (χ1n) is 9.57. The van der Waals surface area contributed by atoms with Gasteiger partial charge in [0, 0.05) is 5.02 Å². The quantitative estimate of drug-likeness (QED) is 0.517. The number of anilines is 1. The van der Waals surface area contributed by atoms with Gasteiger partial charge in [-0.1, -0.05) is 37.6 Å². The topological polar surface area (TPSA) is 92.8 Å². The molecule has 0 saturated carbocycles. The summed E-state index contributed by atoms with van der Waals surface area (Å²) in [6.45, 7) is 2.93. The van der Waals surface area contributed by atoms with Crippen LogP contribution in [0.2, 0.25) is 5.02 Å². The van der Waals surface area contributed by atoms with E-state index in [2.05, 4.69) is 5.32 Å². The number of rotatable bonds is 7. The van der Waals surface area contributed by atoms with E-state index in [1.165, 1.54) is 24.3 Å². The van der Waals surface area contributed by atoms with Crippen molar-refractivity contribution in [1.82, 2.24) is 4.90 Å². The summed E-state index contributed by atoms with van der Waals surface area (Å²) in [7, 11) is 0. The average molecular weight is 447 g/mol. The molecule has 0 saturated heterocycles. The van der Waals surface area contributed by atoms with Crippen LogP contribution in [0.5, 0.6) is 0 Å². The molecule has 31 heavy (non-hydrogen) atoms. The molecule has 0 bridgehead atoms. The molecule has 0 aromatic heterocycles. The number of halogens is 2. The zero-order valence-corrected chi connectivity index (χ0v) is 17.6. The van der Waals surface area contributed by atoms with Crippen LogP contribution in [-0.2, 0) is 14.3 Å². The fourth-order valence-corrected chi connectivity index (χ4v) is 3.43. The van der Waals surface area contributed by atoms with Gasteiger partial charge in [-0.05, 0) is 42.7 Å². The summed E-state index contributed by atoms with van der Waals surface area (Å²) >= 11 is 5.78. The molecule has 0 fully saturated rings. The molecule has 3 amide bonds. The molecular formula is C22H20ClFN2O5. The summed E-state index contributed by atoms with van der Waals surface area (Å²) in [5.74, 6) is -3.61. The Morgan fingerprint density at radius 2 is 1.71 bits per heavy atom. The predicted molar refractivity (Wildman–Crippen MR) is 111 cm³/mol. The fourth-order valence-electron chi connectivity index (χ4n) is 3.26. The normalized spacial score (nSPS) is 13.9. The monoisotopic (exact) mass is 446 g/mol. The van der Waals surface area contributed by atoms with Crippen LogP contribution in [0.1, 0.15) is 41.0 Å². The van der Waals surface area contributed by atoms with Gasteiger partial charge in [0.1, 0.15) is 11.9 Å². The van der Waals surface area contributed by atoms with E-state index < -0.39 is 42.2 Å². The first-order valence-corrected chi connectivity index (χ1v) is 9.95. The van der Waals surface area contributed by atoms with Crippen molar-refractivity contribution in [3.63, 3.8) is 0 Å². The lowest BCUT2D eigenvalue weighted by molar-refractivity contribution is -0.151. The third-order valence-corrected chi connectivity index (χ3v) is 4.89. The summed E-state index contributed by atoms with van der Waals surface area (Å²) < 4.78 is 18.8. The Morgan fingerprint density at radius 3 is 2.29 bits per heavy atom. The van der Waals surface area contributed by atoms with Crippen LogP contribution >= 0.6 is 11.6 Å². The maximum Gasteiger partial charge on any atom is 0.329 e. The standard InChI is InChI=1S/C22H20ClFN2O5/c1-12(2)9-18(26-20(28)14-5-3-4-6-15(14)21(26)29)22(30)31-11-19(27)25-17-10-13(23)7-8-16(17)24/h3-8,10,12,18H,9,11H2,1-2H3,(H,25,27). The molecule has 2 aromatic rings. The third kappa shape index (κ3) is 4.91. The number of carbonyl (C=O) groups is 4. The summed E-state index contributed by atoms with van der Waals surface area (Å²) in [5.41, 5.74) is 0.263. The van der Waals surface area contributed by atoms with Gasteiger partial charge in [-0.15, -0.1) is 0 Å². The minimum atomic E-state index is -1.19. The van der Waals surface area contributed by atoms with Crippen LogP contribution in [0.4, 0.5) is 10.1 Å². The van der Waals surface area contributed by atoms with Crippen molar-refractivity contribution in [2.45, 2.75) is 26.3 Å². The number of esters is 1. The molecular weight excluding hydrogens is 427 g/mol. The van der Waals surface area contributed by atoms with Crippen LogP contribution in [0.15, 0.2) is 42.5 Å². The largest absolute Gasteiger partial charge is 0.454 e. The van der Waals surface area contributed by atoms with E-state index in [0.717, 1.165) is 11.0 Å². The number of nitrogens with zero attached hydrogens (tertiary/aromatic N) is 1. The molecule has 1 aliphatic heterocycles. The van der Waals surface area contributed by atoms with Crippen molar-refractivity contribution >= 4 is 41.0 Å². The number of amides is 3. The van der Waals surface area contributed by atoms with Gasteiger partial charge in [-0.3, -0.25) is 19.3 Å². The number of hydrogen-bond donors (Lipinski definition) is 1. The summed E-state index contributed by atoms with van der Waals surface area (Å²) in [6.07, 6.45) is 0.162. The van der Waals surface area contributed by atoms with Crippen LogP contribution in [0, 0.1) is 11.7 Å². The Hall–Kier alpha value is -3.26. The minimum Gasteiger partial charge on any atom is -0.454 e. The van der Waals surface area contributed by atoms with Crippen molar-refractivity contribution in [2.24, 2.45) is 5.92 Å². The zero-order chi connectivity index (χ0) is 22.7. The van der Waals surface area contributed by atoms with Gasteiger partial charge in [-0.25, -0.2) is 9.18 Å². The Balaban J connectivity index is 1.71. The second kappa shape index (κ2) is 9.26. The van der Waals surface area contributed by atoms with E-state index in [-0.39, 0.29) is 34.2 Å². The van der Waals surface area contributed by atoms with Gasteiger partial charge in [0.25, 0.3) is 17.7 Å². The Morgan fingerprint density at radius 1 is 1.10 bits per heavy atom. The Kier molecular flexibility index (Phi) is 6.70. The zero-order valence-electron chi connectivity index (χ0n) is 16.9. The molecule has 1 heterocycles. The highest BCUT2D eigenvalue weighted by atomic mass is 35.5. The van der Waals surface area contributed by atoms with E-state index in [0.29, 0.717) is 0 Å². The molecule has 1 atom stereocenters.